The second kappa shape index (κ2) is 10.3. The number of sulfonamides is 1. The van der Waals surface area contributed by atoms with Crippen LogP contribution in [-0.4, -0.2) is 73.5 Å². The highest BCUT2D eigenvalue weighted by Gasteiger charge is 2.48. The minimum atomic E-state index is -3.61. The van der Waals surface area contributed by atoms with Crippen molar-refractivity contribution in [2.24, 2.45) is 0 Å². The molecule has 4 aliphatic heterocycles. The van der Waals surface area contributed by atoms with Crippen LogP contribution in [0.1, 0.15) is 75.8 Å². The van der Waals surface area contributed by atoms with E-state index in [0.29, 0.717) is 35.5 Å². The fraction of sp³-hybridized carbons (Fsp3) is 0.720. The molecule has 2 atom stereocenters. The van der Waals surface area contributed by atoms with Crippen LogP contribution >= 0.6 is 11.6 Å². The van der Waals surface area contributed by atoms with Crippen LogP contribution in [-0.2, 0) is 14.8 Å². The molecule has 1 aromatic carbocycles. The van der Waals surface area contributed by atoms with Crippen molar-refractivity contribution in [2.45, 2.75) is 87.2 Å². The summed E-state index contributed by atoms with van der Waals surface area (Å²) in [6.45, 7) is 3.87. The molecule has 0 bridgehead atoms. The highest BCUT2D eigenvalue weighted by Crippen LogP contribution is 2.47. The molecule has 5 rings (SSSR count). The van der Waals surface area contributed by atoms with Gasteiger partial charge in [0.25, 0.3) is 0 Å². The summed E-state index contributed by atoms with van der Waals surface area (Å²) in [4.78, 5) is 17.6. The highest BCUT2D eigenvalue weighted by molar-refractivity contribution is 7.89. The van der Waals surface area contributed by atoms with E-state index in [-0.39, 0.29) is 24.8 Å². The van der Waals surface area contributed by atoms with Gasteiger partial charge in [0, 0.05) is 24.2 Å². The maximum Gasteiger partial charge on any atom is 0.409 e. The van der Waals surface area contributed by atoms with Crippen molar-refractivity contribution < 1.29 is 17.9 Å². The van der Waals surface area contributed by atoms with E-state index in [2.05, 4.69) is 4.90 Å². The van der Waals surface area contributed by atoms with E-state index in [1.807, 2.05) is 0 Å². The predicted molar refractivity (Wildman–Crippen MR) is 131 cm³/mol. The van der Waals surface area contributed by atoms with Gasteiger partial charge < -0.3 is 14.5 Å². The van der Waals surface area contributed by atoms with E-state index in [4.69, 9.17) is 16.3 Å². The first-order chi connectivity index (χ1) is 16.4. The third-order valence-corrected chi connectivity index (χ3v) is 10.4. The largest absolute Gasteiger partial charge is 0.448 e. The molecule has 9 heteroatoms. The molecule has 1 aromatic rings. The van der Waals surface area contributed by atoms with Crippen molar-refractivity contribution in [1.82, 2.24) is 14.1 Å². The van der Waals surface area contributed by atoms with E-state index in [9.17, 15) is 13.2 Å². The Morgan fingerprint density at radius 3 is 2.38 bits per heavy atom. The van der Waals surface area contributed by atoms with Crippen molar-refractivity contribution in [3.63, 3.8) is 0 Å². The first-order valence-corrected chi connectivity index (χ1v) is 14.8. The maximum absolute atomic E-state index is 13.2. The highest BCUT2D eigenvalue weighted by atomic mass is 35.5. The van der Waals surface area contributed by atoms with Gasteiger partial charge in [-0.15, -0.1) is 0 Å². The number of likely N-dealkylation sites (tertiary alicyclic amines) is 2. The van der Waals surface area contributed by atoms with Crippen LogP contribution in [0, 0.1) is 0 Å². The van der Waals surface area contributed by atoms with Crippen LogP contribution in [0.5, 0.6) is 0 Å². The van der Waals surface area contributed by atoms with Crippen molar-refractivity contribution in [2.75, 3.05) is 32.8 Å². The summed E-state index contributed by atoms with van der Waals surface area (Å²) >= 11 is 6.16. The lowest BCUT2D eigenvalue weighted by atomic mass is 9.94. The van der Waals surface area contributed by atoms with Crippen LogP contribution < -0.4 is 0 Å². The SMILES string of the molecule is O=C(OC[C@H]1CCC[C@H]2c3cc(Cl)ccc3S(=O)(=O)N12)N1CCC(N2CCCCCCC2)CC1. The normalized spacial score (nSPS) is 28.6. The van der Waals surface area contributed by atoms with Gasteiger partial charge >= 0.3 is 6.09 Å². The van der Waals surface area contributed by atoms with E-state index < -0.39 is 10.0 Å². The fourth-order valence-electron chi connectivity index (χ4n) is 6.31. The molecule has 0 spiro atoms. The Morgan fingerprint density at radius 1 is 0.941 bits per heavy atom. The fourth-order valence-corrected chi connectivity index (χ4v) is 8.56. The van der Waals surface area contributed by atoms with Gasteiger partial charge in [0.1, 0.15) is 6.61 Å². The number of carbonyl (C=O) groups is 1. The standard InChI is InChI=1S/C25H36ClN3O4S/c26-19-9-10-24-22(17-19)23-8-6-7-21(29(23)34(24,31)32)18-33-25(30)28-15-11-20(12-16-28)27-13-4-2-1-3-5-14-27/h9-10,17,20-21,23H,1-8,11-16,18H2/t21-,23+/m1/s1. The summed E-state index contributed by atoms with van der Waals surface area (Å²) in [5.74, 6) is 0. The number of amides is 1. The summed E-state index contributed by atoms with van der Waals surface area (Å²) in [5, 5.41) is 0.545. The number of nitrogens with zero attached hydrogens (tertiary/aromatic N) is 3. The van der Waals surface area contributed by atoms with Gasteiger partial charge in [-0.05, 0) is 81.8 Å². The minimum Gasteiger partial charge on any atom is -0.448 e. The molecule has 0 radical (unpaired) electrons. The quantitative estimate of drug-likeness (QED) is 0.585. The number of rotatable bonds is 3. The zero-order chi connectivity index (χ0) is 23.7. The molecule has 0 unspecified atom stereocenters. The van der Waals surface area contributed by atoms with Gasteiger partial charge in [-0.2, -0.15) is 4.31 Å². The molecule has 4 heterocycles. The number of piperidine rings is 2. The Labute approximate surface area is 208 Å². The second-order valence-electron chi connectivity index (χ2n) is 10.2. The lowest BCUT2D eigenvalue weighted by Crippen LogP contribution is -2.49. The van der Waals surface area contributed by atoms with Gasteiger partial charge in [-0.25, -0.2) is 13.2 Å². The van der Waals surface area contributed by atoms with Crippen LogP contribution in [0.2, 0.25) is 5.02 Å². The molecule has 0 saturated carbocycles. The molecule has 7 nitrogen and oxygen atoms in total. The van der Waals surface area contributed by atoms with E-state index >= 15 is 0 Å². The second-order valence-corrected chi connectivity index (χ2v) is 12.5. The average molecular weight is 510 g/mol. The monoisotopic (exact) mass is 509 g/mol. The molecule has 4 aliphatic rings. The van der Waals surface area contributed by atoms with Crippen molar-refractivity contribution in [3.05, 3.63) is 28.8 Å². The molecular weight excluding hydrogens is 474 g/mol. The number of halogens is 1. The van der Waals surface area contributed by atoms with Gasteiger partial charge in [0.05, 0.1) is 17.0 Å². The van der Waals surface area contributed by atoms with Crippen molar-refractivity contribution >= 4 is 27.7 Å². The Morgan fingerprint density at radius 2 is 1.65 bits per heavy atom. The first kappa shape index (κ1) is 24.3. The van der Waals surface area contributed by atoms with Gasteiger partial charge in [0.15, 0.2) is 0 Å². The van der Waals surface area contributed by atoms with Crippen LogP contribution in [0.25, 0.3) is 0 Å². The topological polar surface area (TPSA) is 70.2 Å². The van der Waals surface area contributed by atoms with E-state index in [1.54, 1.807) is 27.4 Å². The number of ether oxygens (including phenoxy) is 1. The minimum absolute atomic E-state index is 0.0995. The zero-order valence-electron chi connectivity index (χ0n) is 19.8. The summed E-state index contributed by atoms with van der Waals surface area (Å²) in [6.07, 6.45) is 10.6. The van der Waals surface area contributed by atoms with Crippen LogP contribution in [0.4, 0.5) is 4.79 Å². The van der Waals surface area contributed by atoms with E-state index in [1.165, 1.54) is 45.2 Å². The first-order valence-electron chi connectivity index (χ1n) is 12.9. The molecule has 34 heavy (non-hydrogen) atoms. The summed E-state index contributed by atoms with van der Waals surface area (Å²) in [6, 6.07) is 5.00. The summed E-state index contributed by atoms with van der Waals surface area (Å²) in [7, 11) is -3.61. The summed E-state index contributed by atoms with van der Waals surface area (Å²) < 4.78 is 33.8. The van der Waals surface area contributed by atoms with Gasteiger partial charge in [0.2, 0.25) is 10.0 Å². The molecule has 3 saturated heterocycles. The van der Waals surface area contributed by atoms with Gasteiger partial charge in [-0.1, -0.05) is 30.9 Å². The van der Waals surface area contributed by atoms with Crippen molar-refractivity contribution in [1.29, 1.82) is 0 Å². The number of hydrogen-bond donors (Lipinski definition) is 0. The van der Waals surface area contributed by atoms with E-state index in [0.717, 1.165) is 31.2 Å². The molecule has 3 fully saturated rings. The Hall–Kier alpha value is -1.35. The van der Waals surface area contributed by atoms with Crippen LogP contribution in [0.15, 0.2) is 23.1 Å². The molecule has 1 amide bonds. The molecular formula is C25H36ClN3O4S. The molecule has 0 aromatic heterocycles. The third-order valence-electron chi connectivity index (χ3n) is 8.10. The van der Waals surface area contributed by atoms with Gasteiger partial charge in [-0.3, -0.25) is 0 Å². The maximum atomic E-state index is 13.2. The third kappa shape index (κ3) is 4.84. The van der Waals surface area contributed by atoms with Crippen molar-refractivity contribution in [3.8, 4) is 0 Å². The number of carbonyl (C=O) groups excluding carboxylic acids is 1. The Kier molecular flexibility index (Phi) is 7.40. The predicted octanol–water partition coefficient (Wildman–Crippen LogP) is 4.81. The zero-order valence-corrected chi connectivity index (χ0v) is 21.4. The smallest absolute Gasteiger partial charge is 0.409 e. The molecule has 188 valence electrons. The number of fused-ring (bicyclic) bond motifs is 3. The van der Waals surface area contributed by atoms with Crippen LogP contribution in [0.3, 0.4) is 0 Å². The Bertz CT molecular complexity index is 988. The lowest BCUT2D eigenvalue weighted by molar-refractivity contribution is 0.0478. The molecule has 0 N–H and O–H groups in total. The summed E-state index contributed by atoms with van der Waals surface area (Å²) in [5.41, 5.74) is 0.773. The average Bonchev–Trinajstić information content (AvgIpc) is 3.04. The lowest BCUT2D eigenvalue weighted by Gasteiger charge is -2.39. The molecule has 0 aliphatic carbocycles. The number of benzene rings is 1. The number of hydrogen-bond acceptors (Lipinski definition) is 5. The Balaban J connectivity index is 1.16.